The number of carbonyl (C=O) groups is 1. The summed E-state index contributed by atoms with van der Waals surface area (Å²) >= 11 is 0. The number of rotatable bonds is 5. The number of hydrogen-bond donors (Lipinski definition) is 1. The fourth-order valence-electron chi connectivity index (χ4n) is 3.19. The van der Waals surface area contributed by atoms with E-state index in [0.29, 0.717) is 23.7 Å². The third-order valence-electron chi connectivity index (χ3n) is 4.56. The van der Waals surface area contributed by atoms with E-state index in [1.54, 1.807) is 23.1 Å². The number of amides is 1. The minimum Gasteiger partial charge on any atom is -0.454 e. The number of ether oxygens (including phenoxy) is 2. The van der Waals surface area contributed by atoms with Crippen molar-refractivity contribution in [2.75, 3.05) is 24.8 Å². The Balaban J connectivity index is 1.43. The van der Waals surface area contributed by atoms with Crippen molar-refractivity contribution < 1.29 is 27.1 Å². The molecule has 0 bridgehead atoms. The molecule has 0 saturated carbocycles. The monoisotopic (exact) mass is 392 g/mol. The summed E-state index contributed by atoms with van der Waals surface area (Å²) in [5.74, 6) is 0.0616. The van der Waals surface area contributed by atoms with Crippen molar-refractivity contribution in [3.05, 3.63) is 48.3 Å². The van der Waals surface area contributed by atoms with Crippen LogP contribution in [0.2, 0.25) is 0 Å². The van der Waals surface area contributed by atoms with Crippen molar-refractivity contribution in [3.63, 3.8) is 0 Å². The second-order valence-corrected chi connectivity index (χ2v) is 8.13. The van der Waals surface area contributed by atoms with Crippen molar-refractivity contribution >= 4 is 21.6 Å². The van der Waals surface area contributed by atoms with E-state index in [0.717, 1.165) is 6.07 Å². The van der Waals surface area contributed by atoms with Gasteiger partial charge in [0.1, 0.15) is 10.7 Å². The highest BCUT2D eigenvalue weighted by Crippen LogP contribution is 2.37. The molecule has 142 valence electrons. The Morgan fingerprint density at radius 2 is 1.93 bits per heavy atom. The molecule has 4 rings (SSSR count). The Morgan fingerprint density at radius 3 is 2.74 bits per heavy atom. The predicted octanol–water partition coefficient (Wildman–Crippen LogP) is 1.89. The maximum atomic E-state index is 13.7. The summed E-state index contributed by atoms with van der Waals surface area (Å²) in [5.41, 5.74) is 0.670. The normalized spacial score (nSPS) is 18.9. The number of fused-ring (bicyclic) bond motifs is 1. The van der Waals surface area contributed by atoms with Crippen LogP contribution in [0.4, 0.5) is 10.1 Å². The van der Waals surface area contributed by atoms with Gasteiger partial charge in [0.05, 0.1) is 0 Å². The average Bonchev–Trinajstić information content (AvgIpc) is 3.26. The molecule has 0 radical (unpaired) electrons. The van der Waals surface area contributed by atoms with Gasteiger partial charge in [0.25, 0.3) is 0 Å². The molecule has 1 atom stereocenters. The number of carbonyl (C=O) groups excluding carboxylic acids is 1. The van der Waals surface area contributed by atoms with Crippen LogP contribution in [0.15, 0.2) is 47.4 Å². The maximum absolute atomic E-state index is 13.7. The molecule has 0 unspecified atom stereocenters. The zero-order chi connectivity index (χ0) is 19.0. The van der Waals surface area contributed by atoms with Crippen LogP contribution >= 0.6 is 0 Å². The molecule has 9 heteroatoms. The Morgan fingerprint density at radius 1 is 1.15 bits per heavy atom. The average molecular weight is 392 g/mol. The van der Waals surface area contributed by atoms with E-state index in [1.807, 2.05) is 0 Å². The SMILES string of the molecule is O=C1C[C@@H](CNS(=O)(=O)c2ccccc2F)CN1c1ccc2c(c1)OCO2. The van der Waals surface area contributed by atoms with Gasteiger partial charge in [0.2, 0.25) is 22.7 Å². The van der Waals surface area contributed by atoms with Gasteiger partial charge >= 0.3 is 0 Å². The van der Waals surface area contributed by atoms with Crippen molar-refractivity contribution in [2.24, 2.45) is 5.92 Å². The molecule has 1 saturated heterocycles. The van der Waals surface area contributed by atoms with Crippen LogP contribution in [-0.4, -0.2) is 34.2 Å². The summed E-state index contributed by atoms with van der Waals surface area (Å²) < 4.78 is 51.3. The lowest BCUT2D eigenvalue weighted by atomic mass is 10.1. The highest BCUT2D eigenvalue weighted by atomic mass is 32.2. The van der Waals surface area contributed by atoms with Crippen LogP contribution in [0.25, 0.3) is 0 Å². The lowest BCUT2D eigenvalue weighted by Gasteiger charge is -2.17. The largest absolute Gasteiger partial charge is 0.454 e. The third-order valence-corrected chi connectivity index (χ3v) is 6.02. The van der Waals surface area contributed by atoms with Gasteiger partial charge < -0.3 is 14.4 Å². The zero-order valence-corrected chi connectivity index (χ0v) is 15.0. The number of benzene rings is 2. The highest BCUT2D eigenvalue weighted by molar-refractivity contribution is 7.89. The van der Waals surface area contributed by atoms with E-state index in [4.69, 9.17) is 9.47 Å². The van der Waals surface area contributed by atoms with Crippen molar-refractivity contribution in [1.82, 2.24) is 4.72 Å². The smallest absolute Gasteiger partial charge is 0.243 e. The number of halogens is 1. The summed E-state index contributed by atoms with van der Waals surface area (Å²) in [4.78, 5) is 13.5. The molecule has 2 aliphatic rings. The summed E-state index contributed by atoms with van der Waals surface area (Å²) in [6, 6.07) is 10.4. The first-order valence-electron chi connectivity index (χ1n) is 8.38. The van der Waals surface area contributed by atoms with Crippen LogP contribution in [0.5, 0.6) is 11.5 Å². The van der Waals surface area contributed by atoms with Crippen molar-refractivity contribution in [1.29, 1.82) is 0 Å². The molecule has 0 aliphatic carbocycles. The van der Waals surface area contributed by atoms with Crippen molar-refractivity contribution in [3.8, 4) is 11.5 Å². The third kappa shape index (κ3) is 3.47. The lowest BCUT2D eigenvalue weighted by Crippen LogP contribution is -2.31. The zero-order valence-electron chi connectivity index (χ0n) is 14.2. The molecule has 2 heterocycles. The first kappa shape index (κ1) is 17.7. The van der Waals surface area contributed by atoms with E-state index in [-0.39, 0.29) is 31.6 Å². The number of anilines is 1. The van der Waals surface area contributed by atoms with Gasteiger partial charge in [-0.1, -0.05) is 12.1 Å². The quantitative estimate of drug-likeness (QED) is 0.840. The molecule has 0 aromatic heterocycles. The van der Waals surface area contributed by atoms with Crippen LogP contribution in [0.1, 0.15) is 6.42 Å². The minimum atomic E-state index is -3.98. The van der Waals surface area contributed by atoms with Gasteiger partial charge in [-0.3, -0.25) is 4.79 Å². The molecule has 2 aliphatic heterocycles. The van der Waals surface area contributed by atoms with Gasteiger partial charge in [-0.2, -0.15) is 0 Å². The molecule has 1 N–H and O–H groups in total. The number of sulfonamides is 1. The van der Waals surface area contributed by atoms with Gasteiger partial charge in [0.15, 0.2) is 11.5 Å². The van der Waals surface area contributed by atoms with E-state index >= 15 is 0 Å². The summed E-state index contributed by atoms with van der Waals surface area (Å²) in [6.45, 7) is 0.551. The number of hydrogen-bond acceptors (Lipinski definition) is 5. The van der Waals surface area contributed by atoms with E-state index in [9.17, 15) is 17.6 Å². The fraction of sp³-hybridized carbons (Fsp3) is 0.278. The van der Waals surface area contributed by atoms with Gasteiger partial charge in [-0.25, -0.2) is 17.5 Å². The number of nitrogens with one attached hydrogen (secondary N) is 1. The van der Waals surface area contributed by atoms with Crippen LogP contribution in [0, 0.1) is 11.7 Å². The Hall–Kier alpha value is -2.65. The molecular formula is C18H17FN2O5S. The van der Waals surface area contributed by atoms with E-state index in [1.165, 1.54) is 18.2 Å². The Bertz CT molecular complexity index is 995. The minimum absolute atomic E-state index is 0.0451. The van der Waals surface area contributed by atoms with E-state index in [2.05, 4.69) is 4.72 Å². The summed E-state index contributed by atoms with van der Waals surface area (Å²) in [5, 5.41) is 0. The Labute approximate surface area is 155 Å². The molecular weight excluding hydrogens is 375 g/mol. The summed E-state index contributed by atoms with van der Waals surface area (Å²) in [7, 11) is -3.98. The molecule has 7 nitrogen and oxygen atoms in total. The van der Waals surface area contributed by atoms with E-state index < -0.39 is 20.7 Å². The predicted molar refractivity (Wildman–Crippen MR) is 94.6 cm³/mol. The van der Waals surface area contributed by atoms with Crippen LogP contribution < -0.4 is 19.1 Å². The molecule has 27 heavy (non-hydrogen) atoms. The first-order chi connectivity index (χ1) is 12.9. The molecule has 2 aromatic carbocycles. The maximum Gasteiger partial charge on any atom is 0.243 e. The highest BCUT2D eigenvalue weighted by Gasteiger charge is 2.32. The molecule has 1 amide bonds. The van der Waals surface area contributed by atoms with Gasteiger partial charge in [-0.15, -0.1) is 0 Å². The van der Waals surface area contributed by atoms with Crippen LogP contribution in [-0.2, 0) is 14.8 Å². The number of nitrogens with zero attached hydrogens (tertiary/aromatic N) is 1. The summed E-state index contributed by atoms with van der Waals surface area (Å²) in [6.07, 6.45) is 0.203. The fourth-order valence-corrected chi connectivity index (χ4v) is 4.38. The second kappa shape index (κ2) is 6.82. The first-order valence-corrected chi connectivity index (χ1v) is 9.86. The van der Waals surface area contributed by atoms with Crippen molar-refractivity contribution in [2.45, 2.75) is 11.3 Å². The van der Waals surface area contributed by atoms with Gasteiger partial charge in [-0.05, 0) is 30.2 Å². The Kier molecular flexibility index (Phi) is 4.48. The standard InChI is InChI=1S/C18H17FN2O5S/c19-14-3-1-2-4-17(14)27(23,24)20-9-12-7-18(22)21(10-12)13-5-6-15-16(8-13)26-11-25-15/h1-6,8,12,20H,7,9-11H2/t12-/m0/s1. The topological polar surface area (TPSA) is 84.9 Å². The lowest BCUT2D eigenvalue weighted by molar-refractivity contribution is -0.117. The van der Waals surface area contributed by atoms with Crippen LogP contribution in [0.3, 0.4) is 0 Å². The molecule has 2 aromatic rings. The van der Waals surface area contributed by atoms with Gasteiger partial charge in [0, 0.05) is 31.3 Å². The molecule has 1 fully saturated rings. The molecule has 0 spiro atoms. The second-order valence-electron chi connectivity index (χ2n) is 6.39.